The Bertz CT molecular complexity index is 330. The lowest BCUT2D eigenvalue weighted by molar-refractivity contribution is 0.394. The summed E-state index contributed by atoms with van der Waals surface area (Å²) in [6.07, 6.45) is 1.76. The van der Waals surface area contributed by atoms with E-state index in [4.69, 9.17) is 0 Å². The zero-order chi connectivity index (χ0) is 13.6. The van der Waals surface area contributed by atoms with Crippen molar-refractivity contribution >= 4 is 10.0 Å². The Morgan fingerprint density at radius 1 is 1.39 bits per heavy atom. The van der Waals surface area contributed by atoms with Crippen LogP contribution in [-0.4, -0.2) is 58.3 Å². The first-order chi connectivity index (χ1) is 8.39. The van der Waals surface area contributed by atoms with Crippen LogP contribution >= 0.6 is 0 Å². The lowest BCUT2D eigenvalue weighted by Crippen LogP contribution is -2.33. The molecular formula is C12H27N3O2S. The predicted molar refractivity (Wildman–Crippen MR) is 75.1 cm³/mol. The summed E-state index contributed by atoms with van der Waals surface area (Å²) >= 11 is 0. The molecule has 0 radical (unpaired) electrons. The zero-order valence-electron chi connectivity index (χ0n) is 11.8. The molecule has 5 nitrogen and oxygen atoms in total. The average Bonchev–Trinajstić information content (AvgIpc) is 2.68. The van der Waals surface area contributed by atoms with Crippen LogP contribution in [0, 0.1) is 5.92 Å². The molecule has 6 heteroatoms. The molecular weight excluding hydrogens is 250 g/mol. The van der Waals surface area contributed by atoms with Gasteiger partial charge in [-0.05, 0) is 38.9 Å². The highest BCUT2D eigenvalue weighted by molar-refractivity contribution is 7.89. The summed E-state index contributed by atoms with van der Waals surface area (Å²) < 4.78 is 26.2. The zero-order valence-corrected chi connectivity index (χ0v) is 12.6. The van der Waals surface area contributed by atoms with E-state index in [1.54, 1.807) is 0 Å². The lowest BCUT2D eigenvalue weighted by atomic mass is 10.1. The summed E-state index contributed by atoms with van der Waals surface area (Å²) in [5.41, 5.74) is 0. The van der Waals surface area contributed by atoms with Gasteiger partial charge < -0.3 is 10.2 Å². The van der Waals surface area contributed by atoms with Gasteiger partial charge >= 0.3 is 0 Å². The van der Waals surface area contributed by atoms with E-state index in [0.717, 1.165) is 26.1 Å². The van der Waals surface area contributed by atoms with Gasteiger partial charge in [0, 0.05) is 19.1 Å². The molecule has 1 atom stereocenters. The first kappa shape index (κ1) is 15.9. The minimum atomic E-state index is -3.09. The van der Waals surface area contributed by atoms with Gasteiger partial charge in [0.05, 0.1) is 5.75 Å². The predicted octanol–water partition coefficient (Wildman–Crippen LogP) is 0.246. The van der Waals surface area contributed by atoms with Crippen molar-refractivity contribution in [3.05, 3.63) is 0 Å². The SMILES string of the molecule is CC(C)NCCCS(=O)(=O)NCC1CCN(C)C1. The number of nitrogens with zero attached hydrogens (tertiary/aromatic N) is 1. The maximum atomic E-state index is 11.8. The maximum absolute atomic E-state index is 11.8. The monoisotopic (exact) mass is 277 g/mol. The smallest absolute Gasteiger partial charge is 0.211 e. The van der Waals surface area contributed by atoms with Crippen LogP contribution in [0.15, 0.2) is 0 Å². The topological polar surface area (TPSA) is 61.4 Å². The first-order valence-electron chi connectivity index (χ1n) is 6.78. The van der Waals surface area contributed by atoms with Gasteiger partial charge in [0.1, 0.15) is 0 Å². The van der Waals surface area contributed by atoms with Crippen LogP contribution in [0.1, 0.15) is 26.7 Å². The molecule has 1 aliphatic rings. The molecule has 1 unspecified atom stereocenters. The van der Waals surface area contributed by atoms with Crippen molar-refractivity contribution in [2.45, 2.75) is 32.7 Å². The molecule has 0 aromatic rings. The molecule has 108 valence electrons. The fourth-order valence-electron chi connectivity index (χ4n) is 2.16. The fraction of sp³-hybridized carbons (Fsp3) is 1.00. The molecule has 1 aliphatic heterocycles. The second-order valence-electron chi connectivity index (χ2n) is 5.55. The van der Waals surface area contributed by atoms with Gasteiger partial charge in [-0.15, -0.1) is 0 Å². The van der Waals surface area contributed by atoms with E-state index in [9.17, 15) is 8.42 Å². The number of likely N-dealkylation sites (tertiary alicyclic amines) is 1. The van der Waals surface area contributed by atoms with Crippen LogP contribution in [0.2, 0.25) is 0 Å². The Hall–Kier alpha value is -0.170. The summed E-state index contributed by atoms with van der Waals surface area (Å²) in [7, 11) is -1.02. The Balaban J connectivity index is 2.15. The van der Waals surface area contributed by atoms with Crippen molar-refractivity contribution in [2.24, 2.45) is 5.92 Å². The highest BCUT2D eigenvalue weighted by atomic mass is 32.2. The third-order valence-corrected chi connectivity index (χ3v) is 4.66. The molecule has 0 aromatic heterocycles. The normalized spacial score (nSPS) is 21.9. The molecule has 0 spiro atoms. The van der Waals surface area contributed by atoms with Crippen molar-refractivity contribution < 1.29 is 8.42 Å². The summed E-state index contributed by atoms with van der Waals surface area (Å²) in [5, 5.41) is 3.22. The third kappa shape index (κ3) is 6.68. The molecule has 1 fully saturated rings. The van der Waals surface area contributed by atoms with Crippen LogP contribution < -0.4 is 10.0 Å². The van der Waals surface area contributed by atoms with Crippen molar-refractivity contribution in [3.8, 4) is 0 Å². The van der Waals surface area contributed by atoms with Gasteiger partial charge in [0.2, 0.25) is 10.0 Å². The first-order valence-corrected chi connectivity index (χ1v) is 8.43. The van der Waals surface area contributed by atoms with Gasteiger partial charge in [-0.1, -0.05) is 13.8 Å². The Morgan fingerprint density at radius 3 is 2.67 bits per heavy atom. The molecule has 2 N–H and O–H groups in total. The third-order valence-electron chi connectivity index (χ3n) is 3.22. The minimum Gasteiger partial charge on any atom is -0.314 e. The van der Waals surface area contributed by atoms with Gasteiger partial charge in [-0.2, -0.15) is 0 Å². The number of sulfonamides is 1. The maximum Gasteiger partial charge on any atom is 0.211 e. The van der Waals surface area contributed by atoms with Gasteiger partial charge in [-0.25, -0.2) is 13.1 Å². The quantitative estimate of drug-likeness (QED) is 0.624. The molecule has 0 bridgehead atoms. The average molecular weight is 277 g/mol. The van der Waals surface area contributed by atoms with Crippen LogP contribution in [0.5, 0.6) is 0 Å². The highest BCUT2D eigenvalue weighted by Gasteiger charge is 2.21. The van der Waals surface area contributed by atoms with Crippen LogP contribution in [-0.2, 0) is 10.0 Å². The lowest BCUT2D eigenvalue weighted by Gasteiger charge is -2.12. The van der Waals surface area contributed by atoms with Crippen LogP contribution in [0.3, 0.4) is 0 Å². The van der Waals surface area contributed by atoms with E-state index < -0.39 is 10.0 Å². The molecule has 18 heavy (non-hydrogen) atoms. The van der Waals surface area contributed by atoms with E-state index >= 15 is 0 Å². The highest BCUT2D eigenvalue weighted by Crippen LogP contribution is 2.13. The largest absolute Gasteiger partial charge is 0.314 e. The van der Waals surface area contributed by atoms with Crippen molar-refractivity contribution in [3.63, 3.8) is 0 Å². The van der Waals surface area contributed by atoms with Gasteiger partial charge in [0.15, 0.2) is 0 Å². The van der Waals surface area contributed by atoms with Crippen molar-refractivity contribution in [1.29, 1.82) is 0 Å². The Kier molecular flexibility index (Phi) is 6.55. The standard InChI is InChI=1S/C12H27N3O2S/c1-11(2)13-6-4-8-18(16,17)14-9-12-5-7-15(3)10-12/h11-14H,4-10H2,1-3H3. The summed E-state index contributed by atoms with van der Waals surface area (Å²) in [4.78, 5) is 2.24. The molecule has 0 aromatic carbocycles. The van der Waals surface area contributed by atoms with Gasteiger partial charge in [0.25, 0.3) is 0 Å². The van der Waals surface area contributed by atoms with Crippen molar-refractivity contribution in [1.82, 2.24) is 14.9 Å². The van der Waals surface area contributed by atoms with Gasteiger partial charge in [-0.3, -0.25) is 0 Å². The molecule has 0 amide bonds. The summed E-state index contributed by atoms with van der Waals surface area (Å²) in [5.74, 6) is 0.688. The summed E-state index contributed by atoms with van der Waals surface area (Å²) in [6.45, 7) is 7.53. The molecule has 1 heterocycles. The van der Waals surface area contributed by atoms with Crippen molar-refractivity contribution in [2.75, 3.05) is 39.0 Å². The number of rotatable bonds is 8. The van der Waals surface area contributed by atoms with Crippen LogP contribution in [0.4, 0.5) is 0 Å². The molecule has 1 rings (SSSR count). The van der Waals surface area contributed by atoms with E-state index in [0.29, 0.717) is 24.9 Å². The number of nitrogens with one attached hydrogen (secondary N) is 2. The fourth-order valence-corrected chi connectivity index (χ4v) is 3.32. The van der Waals surface area contributed by atoms with Crippen LogP contribution in [0.25, 0.3) is 0 Å². The second kappa shape index (κ2) is 7.43. The molecule has 1 saturated heterocycles. The molecule has 0 aliphatic carbocycles. The number of hydrogen-bond donors (Lipinski definition) is 2. The van der Waals surface area contributed by atoms with E-state index in [2.05, 4.69) is 35.8 Å². The van der Waals surface area contributed by atoms with E-state index in [-0.39, 0.29) is 5.75 Å². The Labute approximate surface area is 111 Å². The minimum absolute atomic E-state index is 0.218. The number of hydrogen-bond acceptors (Lipinski definition) is 4. The summed E-state index contributed by atoms with van der Waals surface area (Å²) in [6, 6.07) is 0.412. The molecule has 0 saturated carbocycles. The van der Waals surface area contributed by atoms with E-state index in [1.807, 2.05) is 0 Å². The second-order valence-corrected chi connectivity index (χ2v) is 7.47. The Morgan fingerprint density at radius 2 is 2.11 bits per heavy atom. The van der Waals surface area contributed by atoms with E-state index in [1.165, 1.54) is 0 Å².